The monoisotopic (exact) mass is 573 g/mol. The summed E-state index contributed by atoms with van der Waals surface area (Å²) in [5, 5.41) is 7.64. The summed E-state index contributed by atoms with van der Waals surface area (Å²) in [5.41, 5.74) is 0.910. The van der Waals surface area contributed by atoms with E-state index < -0.39 is 29.7 Å². The third-order valence-corrected chi connectivity index (χ3v) is 8.06. The number of hydrogen-bond donors (Lipinski definition) is 2. The number of carbonyl (C=O) groups excluding carboxylic acids is 4. The van der Waals surface area contributed by atoms with Crippen molar-refractivity contribution < 1.29 is 23.6 Å². The van der Waals surface area contributed by atoms with Crippen LogP contribution < -0.4 is 10.6 Å². The number of amides is 4. The van der Waals surface area contributed by atoms with Crippen LogP contribution >= 0.6 is 0 Å². The van der Waals surface area contributed by atoms with Crippen LogP contribution in [0.2, 0.25) is 0 Å². The molecule has 0 radical (unpaired) electrons. The number of fused-ring (bicyclic) bond motifs is 4. The number of aryl methyl sites for hydroxylation is 1. The molecule has 2 aliphatic rings. The zero-order valence-electron chi connectivity index (χ0n) is 23.9. The van der Waals surface area contributed by atoms with E-state index in [1.54, 1.807) is 24.4 Å². The Morgan fingerprint density at radius 1 is 1.05 bits per heavy atom. The van der Waals surface area contributed by atoms with Crippen LogP contribution in [0.15, 0.2) is 54.7 Å². The fourth-order valence-corrected chi connectivity index (χ4v) is 5.60. The molecule has 0 aliphatic carbocycles. The van der Waals surface area contributed by atoms with Gasteiger partial charge in [0.25, 0.3) is 11.8 Å². The van der Waals surface area contributed by atoms with E-state index in [0.717, 1.165) is 16.3 Å². The molecule has 2 bridgehead atoms. The predicted molar refractivity (Wildman–Crippen MR) is 156 cm³/mol. The number of pyridine rings is 1. The summed E-state index contributed by atoms with van der Waals surface area (Å²) < 4.78 is 14.8. The largest absolute Gasteiger partial charge is 0.355 e. The number of halogens is 1. The van der Waals surface area contributed by atoms with Crippen molar-refractivity contribution in [3.05, 3.63) is 77.4 Å². The predicted octanol–water partition coefficient (Wildman–Crippen LogP) is 3.32. The minimum Gasteiger partial charge on any atom is -0.355 e. The fourth-order valence-electron chi connectivity index (χ4n) is 5.60. The Kier molecular flexibility index (Phi) is 8.80. The molecule has 0 saturated carbocycles. The number of benzene rings is 2. The lowest BCUT2D eigenvalue weighted by Crippen LogP contribution is -2.55. The molecule has 4 amide bonds. The maximum absolute atomic E-state index is 14.8. The molecule has 3 heterocycles. The van der Waals surface area contributed by atoms with Crippen LogP contribution in [0.25, 0.3) is 10.8 Å². The summed E-state index contributed by atoms with van der Waals surface area (Å²) in [6.07, 6.45) is 3.79. The molecule has 2 N–H and O–H groups in total. The van der Waals surface area contributed by atoms with Gasteiger partial charge in [-0.15, -0.1) is 0 Å². The molecule has 0 spiro atoms. The first kappa shape index (κ1) is 29.2. The van der Waals surface area contributed by atoms with E-state index in [1.807, 2.05) is 38.1 Å². The quantitative estimate of drug-likeness (QED) is 0.489. The Labute approximate surface area is 244 Å². The summed E-state index contributed by atoms with van der Waals surface area (Å²) in [6.45, 7) is 4.39. The Balaban J connectivity index is 1.45. The Morgan fingerprint density at radius 3 is 2.62 bits per heavy atom. The Morgan fingerprint density at radius 2 is 1.83 bits per heavy atom. The van der Waals surface area contributed by atoms with Gasteiger partial charge in [0.05, 0.1) is 12.1 Å². The van der Waals surface area contributed by atoms with E-state index in [9.17, 15) is 23.6 Å². The van der Waals surface area contributed by atoms with Gasteiger partial charge in [-0.2, -0.15) is 0 Å². The normalized spacial score (nSPS) is 20.7. The average molecular weight is 574 g/mol. The van der Waals surface area contributed by atoms with Crippen molar-refractivity contribution in [2.24, 2.45) is 5.92 Å². The first-order valence-corrected chi connectivity index (χ1v) is 14.5. The number of carbonyl (C=O) groups is 4. The van der Waals surface area contributed by atoms with Gasteiger partial charge in [-0.05, 0) is 60.7 Å². The highest BCUT2D eigenvalue weighted by atomic mass is 19.1. The van der Waals surface area contributed by atoms with E-state index in [4.69, 9.17) is 0 Å². The average Bonchev–Trinajstić information content (AvgIpc) is 3.48. The number of nitrogens with one attached hydrogen (secondary N) is 2. The second kappa shape index (κ2) is 12.7. The number of nitrogens with zero attached hydrogens (tertiary/aromatic N) is 3. The van der Waals surface area contributed by atoms with Crippen molar-refractivity contribution in [3.63, 3.8) is 0 Å². The zero-order chi connectivity index (χ0) is 29.8. The van der Waals surface area contributed by atoms with E-state index in [0.29, 0.717) is 38.8 Å². The SMILES string of the molecule is CC(C)[C@@H]1CN(C(=O)c2cc3ccccc3cn2)CC(=O)NCCCc2ccc(F)c(c2)C(=O)N2CCC[C@H]2C(=O)N1. The fraction of sp³-hybridized carbons (Fsp3) is 0.406. The summed E-state index contributed by atoms with van der Waals surface area (Å²) in [5.74, 6) is -2.35. The molecule has 1 aromatic heterocycles. The van der Waals surface area contributed by atoms with Crippen LogP contribution in [0.4, 0.5) is 4.39 Å². The molecular weight excluding hydrogens is 537 g/mol. The molecule has 2 aliphatic heterocycles. The third kappa shape index (κ3) is 6.42. The van der Waals surface area contributed by atoms with Gasteiger partial charge < -0.3 is 20.4 Å². The number of aromatic nitrogens is 1. The zero-order valence-corrected chi connectivity index (χ0v) is 23.9. The highest BCUT2D eigenvalue weighted by Gasteiger charge is 2.37. The van der Waals surface area contributed by atoms with Crippen LogP contribution in [0.3, 0.4) is 0 Å². The molecule has 42 heavy (non-hydrogen) atoms. The van der Waals surface area contributed by atoms with Gasteiger partial charge >= 0.3 is 0 Å². The first-order valence-electron chi connectivity index (χ1n) is 14.5. The second-order valence-electron chi connectivity index (χ2n) is 11.4. The van der Waals surface area contributed by atoms with Crippen molar-refractivity contribution in [1.82, 2.24) is 25.4 Å². The molecule has 3 aromatic rings. The van der Waals surface area contributed by atoms with Gasteiger partial charge in [0.2, 0.25) is 11.8 Å². The lowest BCUT2D eigenvalue weighted by atomic mass is 10.0. The third-order valence-electron chi connectivity index (χ3n) is 8.06. The minimum absolute atomic E-state index is 0.0550. The van der Waals surface area contributed by atoms with Crippen LogP contribution in [0.1, 0.15) is 59.5 Å². The molecule has 0 unspecified atom stereocenters. The minimum atomic E-state index is -0.757. The van der Waals surface area contributed by atoms with Crippen LogP contribution in [0.5, 0.6) is 0 Å². The molecule has 9 nitrogen and oxygen atoms in total. The van der Waals surface area contributed by atoms with Crippen molar-refractivity contribution in [1.29, 1.82) is 0 Å². The topological polar surface area (TPSA) is 112 Å². The van der Waals surface area contributed by atoms with Gasteiger partial charge in [-0.3, -0.25) is 24.2 Å². The molecule has 1 fully saturated rings. The van der Waals surface area contributed by atoms with Crippen molar-refractivity contribution >= 4 is 34.4 Å². The lowest BCUT2D eigenvalue weighted by Gasteiger charge is -2.32. The maximum atomic E-state index is 14.8. The molecule has 220 valence electrons. The maximum Gasteiger partial charge on any atom is 0.273 e. The molecule has 10 heteroatoms. The summed E-state index contributed by atoms with van der Waals surface area (Å²) in [4.78, 5) is 61.1. The summed E-state index contributed by atoms with van der Waals surface area (Å²) in [7, 11) is 0. The van der Waals surface area contributed by atoms with E-state index in [2.05, 4.69) is 15.6 Å². The number of hydrogen-bond acceptors (Lipinski definition) is 5. The molecule has 2 aromatic carbocycles. The van der Waals surface area contributed by atoms with E-state index in [-0.39, 0.29) is 42.1 Å². The highest BCUT2D eigenvalue weighted by molar-refractivity contribution is 5.99. The first-order chi connectivity index (χ1) is 20.2. The lowest BCUT2D eigenvalue weighted by molar-refractivity contribution is -0.126. The van der Waals surface area contributed by atoms with E-state index >= 15 is 0 Å². The molecule has 5 rings (SSSR count). The highest BCUT2D eigenvalue weighted by Crippen LogP contribution is 2.24. The van der Waals surface area contributed by atoms with Gasteiger partial charge in [0, 0.05) is 37.3 Å². The van der Waals surface area contributed by atoms with Crippen LogP contribution in [-0.4, -0.2) is 76.7 Å². The standard InChI is InChI=1S/C32H36FN5O4/c1-20(2)27-18-37(32(42)26-16-22-8-3-4-9-23(22)17-35-26)19-29(39)34-13-5-7-21-11-12-25(33)24(15-21)31(41)38-14-6-10-28(38)30(40)36-27/h3-4,8-9,11-12,15-17,20,27-28H,5-7,10,13-14,18-19H2,1-2H3,(H,34,39)(H,36,40)/t27-,28-/m0/s1. The van der Waals surface area contributed by atoms with Crippen molar-refractivity contribution in [2.45, 2.75) is 51.6 Å². The van der Waals surface area contributed by atoms with Gasteiger partial charge in [-0.25, -0.2) is 4.39 Å². The Bertz CT molecular complexity index is 1510. The van der Waals surface area contributed by atoms with Gasteiger partial charge in [0.1, 0.15) is 17.6 Å². The molecular formula is C32H36FN5O4. The molecule has 1 saturated heterocycles. The van der Waals surface area contributed by atoms with Crippen molar-refractivity contribution in [3.8, 4) is 0 Å². The smallest absolute Gasteiger partial charge is 0.273 e. The molecule has 2 atom stereocenters. The van der Waals surface area contributed by atoms with Gasteiger partial charge in [0.15, 0.2) is 0 Å². The summed E-state index contributed by atoms with van der Waals surface area (Å²) >= 11 is 0. The van der Waals surface area contributed by atoms with Gasteiger partial charge in [-0.1, -0.05) is 44.2 Å². The number of rotatable bonds is 2. The second-order valence-corrected chi connectivity index (χ2v) is 11.4. The summed E-state index contributed by atoms with van der Waals surface area (Å²) in [6, 6.07) is 12.5. The van der Waals surface area contributed by atoms with Crippen LogP contribution in [0, 0.1) is 11.7 Å². The van der Waals surface area contributed by atoms with E-state index in [1.165, 1.54) is 15.9 Å². The van der Waals surface area contributed by atoms with Crippen molar-refractivity contribution in [2.75, 3.05) is 26.2 Å². The Hall–Kier alpha value is -4.34. The van der Waals surface area contributed by atoms with Crippen LogP contribution in [-0.2, 0) is 16.0 Å².